The average Bonchev–Trinajstić information content (AvgIpc) is 2.83. The molecule has 0 fully saturated rings. The van der Waals surface area contributed by atoms with Crippen LogP contribution in [0.25, 0.3) is 11.3 Å². The zero-order valence-electron chi connectivity index (χ0n) is 15.0. The van der Waals surface area contributed by atoms with Crippen LogP contribution in [0.3, 0.4) is 0 Å². The Bertz CT molecular complexity index is 882. The summed E-state index contributed by atoms with van der Waals surface area (Å²) in [6.07, 6.45) is -5.07. The van der Waals surface area contributed by atoms with Crippen molar-refractivity contribution in [1.82, 2.24) is 9.78 Å². The lowest BCUT2D eigenvalue weighted by molar-refractivity contribution is -0.153. The molecule has 0 N–H and O–H groups in total. The van der Waals surface area contributed by atoms with Gasteiger partial charge in [-0.2, -0.15) is 18.3 Å². The van der Waals surface area contributed by atoms with Gasteiger partial charge >= 0.3 is 12.1 Å². The number of alkyl halides is 3. The van der Waals surface area contributed by atoms with Crippen LogP contribution in [0.2, 0.25) is 10.0 Å². The lowest BCUT2D eigenvalue weighted by atomic mass is 10.1. The highest BCUT2D eigenvalue weighted by atomic mass is 35.5. The molecular weight excluding hydrogens is 427 g/mol. The maximum atomic E-state index is 14.3. The summed E-state index contributed by atoms with van der Waals surface area (Å²) in [4.78, 5) is 11.5. The number of hydrogen-bond donors (Lipinski definition) is 0. The number of ether oxygens (including phenoxy) is 2. The van der Waals surface area contributed by atoms with Crippen LogP contribution in [-0.4, -0.2) is 28.5 Å². The minimum atomic E-state index is -4.76. The van der Waals surface area contributed by atoms with Crippen LogP contribution in [0, 0.1) is 5.82 Å². The Balaban J connectivity index is 2.31. The largest absolute Gasteiger partial charge is 0.461 e. The summed E-state index contributed by atoms with van der Waals surface area (Å²) in [5.74, 6) is -1.50. The molecule has 28 heavy (non-hydrogen) atoms. The molecule has 0 aliphatic rings. The third-order valence-electron chi connectivity index (χ3n) is 3.49. The zero-order chi connectivity index (χ0) is 21.2. The standard InChI is InChI=1S/C17H16Cl2F4N2O3/c1-8(2)28-13(26)7-27-6-9-4-10(12(20)5-11(9)18)15-14(19)16(17(21,22)23)25(3)24-15/h4-5,8H,6-7H2,1-3H3. The van der Waals surface area contributed by atoms with Crippen molar-refractivity contribution in [2.45, 2.75) is 32.7 Å². The molecule has 0 spiro atoms. The van der Waals surface area contributed by atoms with E-state index in [4.69, 9.17) is 32.7 Å². The predicted molar refractivity (Wildman–Crippen MR) is 94.5 cm³/mol. The molecule has 0 aliphatic carbocycles. The van der Waals surface area contributed by atoms with Crippen LogP contribution in [0.1, 0.15) is 25.1 Å². The molecule has 2 aromatic rings. The quantitative estimate of drug-likeness (QED) is 0.465. The first kappa shape index (κ1) is 22.4. The fourth-order valence-corrected chi connectivity index (χ4v) is 2.98. The van der Waals surface area contributed by atoms with Crippen molar-refractivity contribution in [3.05, 3.63) is 39.3 Å². The molecule has 0 atom stereocenters. The number of aromatic nitrogens is 2. The highest BCUT2D eigenvalue weighted by Gasteiger charge is 2.39. The van der Waals surface area contributed by atoms with Gasteiger partial charge in [0.2, 0.25) is 0 Å². The summed E-state index contributed by atoms with van der Waals surface area (Å²) in [6, 6.07) is 2.10. The smallest absolute Gasteiger partial charge is 0.434 e. The lowest BCUT2D eigenvalue weighted by Gasteiger charge is -2.11. The van der Waals surface area contributed by atoms with Gasteiger partial charge in [0.25, 0.3) is 0 Å². The van der Waals surface area contributed by atoms with Crippen LogP contribution in [0.4, 0.5) is 17.6 Å². The number of carbonyl (C=O) groups excluding carboxylic acids is 1. The number of carbonyl (C=O) groups is 1. The van der Waals surface area contributed by atoms with E-state index in [2.05, 4.69) is 5.10 Å². The van der Waals surface area contributed by atoms with Crippen molar-refractivity contribution >= 4 is 29.2 Å². The normalized spacial score (nSPS) is 11.9. The van der Waals surface area contributed by atoms with E-state index >= 15 is 0 Å². The third-order valence-corrected chi connectivity index (χ3v) is 4.20. The number of esters is 1. The highest BCUT2D eigenvalue weighted by Crippen LogP contribution is 2.40. The minimum absolute atomic E-state index is 0.0263. The van der Waals surface area contributed by atoms with E-state index < -0.39 is 28.7 Å². The molecule has 0 saturated heterocycles. The van der Waals surface area contributed by atoms with E-state index in [9.17, 15) is 22.4 Å². The molecule has 2 rings (SSSR count). The Morgan fingerprint density at radius 3 is 2.46 bits per heavy atom. The van der Waals surface area contributed by atoms with Crippen molar-refractivity contribution < 1.29 is 31.8 Å². The molecule has 0 bridgehead atoms. The van der Waals surface area contributed by atoms with Crippen molar-refractivity contribution in [2.75, 3.05) is 6.61 Å². The van der Waals surface area contributed by atoms with Gasteiger partial charge in [0.1, 0.15) is 18.1 Å². The molecule has 1 aromatic carbocycles. The fraction of sp³-hybridized carbons (Fsp3) is 0.412. The summed E-state index contributed by atoms with van der Waals surface area (Å²) < 4.78 is 64.2. The molecule has 0 aliphatic heterocycles. The molecule has 5 nitrogen and oxygen atoms in total. The van der Waals surface area contributed by atoms with E-state index in [1.165, 1.54) is 6.07 Å². The number of benzene rings is 1. The average molecular weight is 443 g/mol. The first-order valence-corrected chi connectivity index (χ1v) is 8.72. The zero-order valence-corrected chi connectivity index (χ0v) is 16.5. The molecule has 1 aromatic heterocycles. The second kappa shape index (κ2) is 8.67. The summed E-state index contributed by atoms with van der Waals surface area (Å²) in [6.45, 7) is 2.78. The Morgan fingerprint density at radius 2 is 1.93 bits per heavy atom. The van der Waals surface area contributed by atoms with Gasteiger partial charge in [-0.15, -0.1) is 0 Å². The molecule has 0 radical (unpaired) electrons. The third kappa shape index (κ3) is 5.15. The number of aryl methyl sites for hydroxylation is 1. The Morgan fingerprint density at radius 1 is 1.29 bits per heavy atom. The van der Waals surface area contributed by atoms with Gasteiger partial charge in [-0.3, -0.25) is 4.68 Å². The predicted octanol–water partition coefficient (Wildman–Crippen LogP) is 5.02. The second-order valence-corrected chi connectivity index (χ2v) is 6.87. The second-order valence-electron chi connectivity index (χ2n) is 6.09. The molecular formula is C17H16Cl2F4N2O3. The van der Waals surface area contributed by atoms with Crippen LogP contribution < -0.4 is 0 Å². The van der Waals surface area contributed by atoms with Gasteiger partial charge in [-0.1, -0.05) is 23.2 Å². The molecule has 0 amide bonds. The SMILES string of the molecule is CC(C)OC(=O)COCc1cc(-c2nn(C)c(C(F)(F)F)c2Cl)c(F)cc1Cl. The van der Waals surface area contributed by atoms with E-state index in [1.54, 1.807) is 13.8 Å². The van der Waals surface area contributed by atoms with Crippen molar-refractivity contribution in [2.24, 2.45) is 7.05 Å². The van der Waals surface area contributed by atoms with Crippen LogP contribution >= 0.6 is 23.2 Å². The lowest BCUT2D eigenvalue weighted by Crippen LogP contribution is -2.17. The van der Waals surface area contributed by atoms with Crippen molar-refractivity contribution in [3.63, 3.8) is 0 Å². The van der Waals surface area contributed by atoms with Gasteiger partial charge in [0.15, 0.2) is 5.69 Å². The Hall–Kier alpha value is -1.84. The van der Waals surface area contributed by atoms with E-state index in [0.29, 0.717) is 4.68 Å². The number of rotatable bonds is 6. The molecule has 0 unspecified atom stereocenters. The molecule has 1 heterocycles. The summed E-state index contributed by atoms with van der Waals surface area (Å²) in [7, 11) is 1.05. The Kier molecular flexibility index (Phi) is 6.95. The maximum Gasteiger partial charge on any atom is 0.434 e. The topological polar surface area (TPSA) is 53.4 Å². The van der Waals surface area contributed by atoms with Crippen molar-refractivity contribution in [1.29, 1.82) is 0 Å². The van der Waals surface area contributed by atoms with E-state index in [1.807, 2.05) is 0 Å². The number of halogens is 6. The van der Waals surface area contributed by atoms with Gasteiger partial charge in [0.05, 0.1) is 17.7 Å². The van der Waals surface area contributed by atoms with Crippen LogP contribution in [0.5, 0.6) is 0 Å². The summed E-state index contributed by atoms with van der Waals surface area (Å²) in [5, 5.41) is 2.93. The first-order valence-electron chi connectivity index (χ1n) is 7.97. The van der Waals surface area contributed by atoms with E-state index in [0.717, 1.165) is 13.1 Å². The number of nitrogens with zero attached hydrogens (tertiary/aromatic N) is 2. The van der Waals surface area contributed by atoms with Gasteiger partial charge in [-0.05, 0) is 31.5 Å². The molecule has 11 heteroatoms. The maximum absolute atomic E-state index is 14.3. The summed E-state index contributed by atoms with van der Waals surface area (Å²) in [5.41, 5.74) is -1.62. The van der Waals surface area contributed by atoms with Gasteiger partial charge < -0.3 is 9.47 Å². The monoisotopic (exact) mass is 442 g/mol. The summed E-state index contributed by atoms with van der Waals surface area (Å²) >= 11 is 11.8. The molecule has 0 saturated carbocycles. The van der Waals surface area contributed by atoms with Crippen LogP contribution in [0.15, 0.2) is 12.1 Å². The first-order chi connectivity index (χ1) is 12.9. The van der Waals surface area contributed by atoms with Crippen molar-refractivity contribution in [3.8, 4) is 11.3 Å². The fourth-order valence-electron chi connectivity index (χ4n) is 2.41. The number of hydrogen-bond acceptors (Lipinski definition) is 4. The Labute approximate surface area is 168 Å². The van der Waals surface area contributed by atoms with E-state index in [-0.39, 0.29) is 41.2 Å². The van der Waals surface area contributed by atoms with Gasteiger partial charge in [-0.25, -0.2) is 9.18 Å². The minimum Gasteiger partial charge on any atom is -0.461 e. The van der Waals surface area contributed by atoms with Gasteiger partial charge in [0, 0.05) is 17.6 Å². The highest BCUT2D eigenvalue weighted by molar-refractivity contribution is 6.34. The molecule has 154 valence electrons. The van der Waals surface area contributed by atoms with Crippen LogP contribution in [-0.2, 0) is 34.1 Å².